The molecule has 2 amide bonds. The number of hydrogen-bond donors (Lipinski definition) is 1. The highest BCUT2D eigenvalue weighted by Gasteiger charge is 2.28. The van der Waals surface area contributed by atoms with Crippen LogP contribution in [0.4, 0.5) is 9.93 Å². The van der Waals surface area contributed by atoms with E-state index in [1.54, 1.807) is 30.0 Å². The topological polar surface area (TPSA) is 90.0 Å². The van der Waals surface area contributed by atoms with Gasteiger partial charge in [-0.1, -0.05) is 17.4 Å². The summed E-state index contributed by atoms with van der Waals surface area (Å²) in [6, 6.07) is 5.23. The average molecular weight is 391 g/mol. The van der Waals surface area contributed by atoms with Crippen molar-refractivity contribution in [3.05, 3.63) is 34.3 Å². The molecule has 1 aromatic carbocycles. The molecule has 2 aromatic rings. The van der Waals surface area contributed by atoms with Gasteiger partial charge in [-0.05, 0) is 19.1 Å². The van der Waals surface area contributed by atoms with Crippen LogP contribution >= 0.6 is 11.3 Å². The summed E-state index contributed by atoms with van der Waals surface area (Å²) >= 11 is 1.35. The van der Waals surface area contributed by atoms with E-state index in [2.05, 4.69) is 10.3 Å². The van der Waals surface area contributed by atoms with Crippen LogP contribution in [-0.4, -0.2) is 49.3 Å². The van der Waals surface area contributed by atoms with Crippen molar-refractivity contribution in [2.75, 3.05) is 32.7 Å². The van der Waals surface area contributed by atoms with Crippen LogP contribution in [0.2, 0.25) is 0 Å². The number of nitrogens with zero attached hydrogens (tertiary/aromatic N) is 2. The maximum atomic E-state index is 13.0. The van der Waals surface area contributed by atoms with Crippen molar-refractivity contribution in [2.24, 2.45) is 0 Å². The Morgan fingerprint density at radius 1 is 1.30 bits per heavy atom. The fourth-order valence-electron chi connectivity index (χ4n) is 2.90. The number of thiazole rings is 1. The van der Waals surface area contributed by atoms with E-state index in [4.69, 9.17) is 14.2 Å². The Morgan fingerprint density at radius 3 is 2.81 bits per heavy atom. The van der Waals surface area contributed by atoms with Gasteiger partial charge < -0.3 is 19.1 Å². The fraction of sp³-hybridized carbons (Fsp3) is 0.389. The lowest BCUT2D eigenvalue weighted by atomic mass is 10.1. The van der Waals surface area contributed by atoms with Gasteiger partial charge in [-0.25, -0.2) is 9.78 Å². The molecule has 0 saturated carbocycles. The van der Waals surface area contributed by atoms with Crippen molar-refractivity contribution in [3.8, 4) is 11.5 Å². The van der Waals surface area contributed by atoms with Gasteiger partial charge in [0, 0.05) is 17.8 Å². The van der Waals surface area contributed by atoms with Crippen LogP contribution in [0.25, 0.3) is 0 Å². The van der Waals surface area contributed by atoms with Gasteiger partial charge in [-0.15, -0.1) is 0 Å². The van der Waals surface area contributed by atoms with E-state index < -0.39 is 6.09 Å². The number of methoxy groups -OCH3 is 2. The maximum Gasteiger partial charge on any atom is 0.413 e. The van der Waals surface area contributed by atoms with Crippen molar-refractivity contribution >= 4 is 28.5 Å². The number of amides is 2. The summed E-state index contributed by atoms with van der Waals surface area (Å²) in [7, 11) is 3.05. The first-order valence-electron chi connectivity index (χ1n) is 8.50. The van der Waals surface area contributed by atoms with Gasteiger partial charge in [0.1, 0.15) is 0 Å². The minimum atomic E-state index is -0.530. The van der Waals surface area contributed by atoms with E-state index in [1.165, 1.54) is 25.6 Å². The van der Waals surface area contributed by atoms with Crippen molar-refractivity contribution in [2.45, 2.75) is 19.9 Å². The van der Waals surface area contributed by atoms with Crippen molar-refractivity contribution in [1.82, 2.24) is 9.88 Å². The third-order valence-corrected chi connectivity index (χ3v) is 5.13. The number of benzene rings is 1. The summed E-state index contributed by atoms with van der Waals surface area (Å²) in [4.78, 5) is 31.7. The van der Waals surface area contributed by atoms with Crippen molar-refractivity contribution in [1.29, 1.82) is 0 Å². The first-order chi connectivity index (χ1) is 13.1. The molecule has 9 heteroatoms. The van der Waals surface area contributed by atoms with Gasteiger partial charge in [-0.2, -0.15) is 0 Å². The molecule has 0 unspecified atom stereocenters. The molecular weight excluding hydrogens is 370 g/mol. The number of hydrogen-bond acceptors (Lipinski definition) is 7. The second-order valence-corrected chi connectivity index (χ2v) is 6.84. The van der Waals surface area contributed by atoms with Gasteiger partial charge >= 0.3 is 6.09 Å². The molecule has 1 N–H and O–H groups in total. The Balaban J connectivity index is 1.77. The second-order valence-electron chi connectivity index (χ2n) is 5.75. The third kappa shape index (κ3) is 3.97. The van der Waals surface area contributed by atoms with Gasteiger partial charge in [0.2, 0.25) is 0 Å². The zero-order valence-electron chi connectivity index (χ0n) is 15.4. The molecule has 0 spiro atoms. The molecule has 8 nitrogen and oxygen atoms in total. The first kappa shape index (κ1) is 19.0. The Kier molecular flexibility index (Phi) is 5.80. The molecule has 3 rings (SSSR count). The molecule has 1 aromatic heterocycles. The predicted octanol–water partition coefficient (Wildman–Crippen LogP) is 2.93. The number of carbonyl (C=O) groups is 2. The lowest BCUT2D eigenvalue weighted by Crippen LogP contribution is -2.35. The number of ether oxygens (including phenoxy) is 3. The smallest absolute Gasteiger partial charge is 0.413 e. The largest absolute Gasteiger partial charge is 0.493 e. The number of para-hydroxylation sites is 1. The molecule has 0 aliphatic carbocycles. The van der Waals surface area contributed by atoms with Crippen LogP contribution in [-0.2, 0) is 17.7 Å². The maximum absolute atomic E-state index is 13.0. The Hall–Kier alpha value is -2.81. The van der Waals surface area contributed by atoms with Gasteiger partial charge in [0.05, 0.1) is 38.6 Å². The van der Waals surface area contributed by atoms with Crippen LogP contribution in [0.5, 0.6) is 11.5 Å². The third-order valence-electron chi connectivity index (χ3n) is 4.14. The highest BCUT2D eigenvalue weighted by molar-refractivity contribution is 7.15. The van der Waals surface area contributed by atoms with Crippen molar-refractivity contribution in [3.63, 3.8) is 0 Å². The van der Waals surface area contributed by atoms with E-state index >= 15 is 0 Å². The number of rotatable bonds is 5. The Morgan fingerprint density at radius 2 is 2.11 bits per heavy atom. The molecule has 144 valence electrons. The van der Waals surface area contributed by atoms with E-state index in [0.717, 1.165) is 10.6 Å². The van der Waals surface area contributed by atoms with Crippen LogP contribution in [0, 0.1) is 0 Å². The molecule has 0 atom stereocenters. The molecule has 27 heavy (non-hydrogen) atoms. The molecule has 1 aliphatic rings. The summed E-state index contributed by atoms with van der Waals surface area (Å²) in [5.41, 5.74) is 1.35. The quantitative estimate of drug-likeness (QED) is 0.843. The standard InChI is InChI=1S/C18H21N3O5S/c1-4-26-18(23)20-17-19-12-8-9-21(10-14(12)27-17)16(22)11-6-5-7-13(24-2)15(11)25-3/h5-7H,4,8-10H2,1-3H3,(H,19,20,23). The first-order valence-corrected chi connectivity index (χ1v) is 9.31. The lowest BCUT2D eigenvalue weighted by Gasteiger charge is -2.27. The summed E-state index contributed by atoms with van der Waals surface area (Å²) < 4.78 is 15.5. The summed E-state index contributed by atoms with van der Waals surface area (Å²) in [6.07, 6.45) is 0.0895. The highest BCUT2D eigenvalue weighted by atomic mass is 32.1. The number of anilines is 1. The molecule has 0 fully saturated rings. The normalized spacial score (nSPS) is 12.9. The van der Waals surface area contributed by atoms with E-state index in [0.29, 0.717) is 48.3 Å². The Labute approximate surface area is 161 Å². The molecule has 0 bridgehead atoms. The number of fused-ring (bicyclic) bond motifs is 1. The average Bonchev–Trinajstić information content (AvgIpc) is 3.07. The predicted molar refractivity (Wildman–Crippen MR) is 101 cm³/mol. The Bertz CT molecular complexity index is 852. The molecule has 2 heterocycles. The number of nitrogens with one attached hydrogen (secondary N) is 1. The molecule has 0 saturated heterocycles. The minimum Gasteiger partial charge on any atom is -0.493 e. The second kappa shape index (κ2) is 8.26. The van der Waals surface area contributed by atoms with Crippen molar-refractivity contribution < 1.29 is 23.8 Å². The monoisotopic (exact) mass is 391 g/mol. The lowest BCUT2D eigenvalue weighted by molar-refractivity contribution is 0.0732. The highest BCUT2D eigenvalue weighted by Crippen LogP contribution is 2.34. The summed E-state index contributed by atoms with van der Waals surface area (Å²) in [5, 5.41) is 3.09. The molecular formula is C18H21N3O5S. The van der Waals surface area contributed by atoms with Crippen LogP contribution in [0.3, 0.4) is 0 Å². The van der Waals surface area contributed by atoms with E-state index in [-0.39, 0.29) is 5.91 Å². The zero-order chi connectivity index (χ0) is 19.4. The van der Waals surface area contributed by atoms with Gasteiger partial charge in [0.25, 0.3) is 5.91 Å². The summed E-state index contributed by atoms with van der Waals surface area (Å²) in [5.74, 6) is 0.800. The zero-order valence-corrected chi connectivity index (χ0v) is 16.2. The van der Waals surface area contributed by atoms with Crippen LogP contribution in [0.15, 0.2) is 18.2 Å². The SMILES string of the molecule is CCOC(=O)Nc1nc2c(s1)CN(C(=O)c1cccc(OC)c1OC)CC2. The van der Waals surface area contributed by atoms with Gasteiger partial charge in [0.15, 0.2) is 16.6 Å². The fourth-order valence-corrected chi connectivity index (χ4v) is 3.91. The van der Waals surface area contributed by atoms with E-state index in [1.807, 2.05) is 0 Å². The number of aromatic nitrogens is 1. The summed E-state index contributed by atoms with van der Waals surface area (Å²) in [6.45, 7) is 3.00. The molecule has 1 aliphatic heterocycles. The molecule has 0 radical (unpaired) electrons. The number of carbonyl (C=O) groups excluding carboxylic acids is 2. The van der Waals surface area contributed by atoms with Gasteiger partial charge in [-0.3, -0.25) is 10.1 Å². The van der Waals surface area contributed by atoms with Crippen LogP contribution < -0.4 is 14.8 Å². The van der Waals surface area contributed by atoms with E-state index in [9.17, 15) is 9.59 Å². The minimum absolute atomic E-state index is 0.135. The van der Waals surface area contributed by atoms with Crippen LogP contribution in [0.1, 0.15) is 27.9 Å².